The van der Waals surface area contributed by atoms with Gasteiger partial charge in [0.1, 0.15) is 0 Å². The van der Waals surface area contributed by atoms with Crippen LogP contribution in [0.15, 0.2) is 24.3 Å². The first-order chi connectivity index (χ1) is 9.18. The molecule has 104 valence electrons. The van der Waals surface area contributed by atoms with Gasteiger partial charge < -0.3 is 10.1 Å². The second kappa shape index (κ2) is 6.40. The first-order valence-electron chi connectivity index (χ1n) is 6.79. The van der Waals surface area contributed by atoms with E-state index in [-0.39, 0.29) is 5.97 Å². The third-order valence-electron chi connectivity index (χ3n) is 3.67. The van der Waals surface area contributed by atoms with Crippen LogP contribution in [-0.4, -0.2) is 25.7 Å². The summed E-state index contributed by atoms with van der Waals surface area (Å²) in [5, 5.41) is 4.03. The molecule has 3 nitrogen and oxygen atoms in total. The molecule has 0 aliphatic carbocycles. The van der Waals surface area contributed by atoms with Crippen molar-refractivity contribution in [3.8, 4) is 0 Å². The number of carbonyl (C=O) groups excluding carboxylic acids is 1. The van der Waals surface area contributed by atoms with Gasteiger partial charge in [-0.3, -0.25) is 4.79 Å². The zero-order chi connectivity index (χ0) is 13.7. The normalized spacial score (nSPS) is 23.1. The van der Waals surface area contributed by atoms with Gasteiger partial charge in [0.15, 0.2) is 0 Å². The van der Waals surface area contributed by atoms with Gasteiger partial charge in [-0.25, -0.2) is 0 Å². The number of hydrogen-bond donors (Lipinski definition) is 1. The predicted octanol–water partition coefficient (Wildman–Crippen LogP) is 2.82. The molecule has 0 saturated carbocycles. The van der Waals surface area contributed by atoms with Crippen LogP contribution < -0.4 is 5.32 Å². The second-order valence-corrected chi connectivity index (χ2v) is 5.46. The number of rotatable bonds is 4. The Morgan fingerprint density at radius 3 is 2.89 bits per heavy atom. The van der Waals surface area contributed by atoms with Crippen LogP contribution in [0.25, 0.3) is 0 Å². The first kappa shape index (κ1) is 14.4. The Hall–Kier alpha value is -1.06. The molecule has 1 unspecified atom stereocenters. The number of carbonyl (C=O) groups is 1. The van der Waals surface area contributed by atoms with Crippen LogP contribution in [-0.2, 0) is 16.0 Å². The molecule has 0 spiro atoms. The van der Waals surface area contributed by atoms with Crippen molar-refractivity contribution in [3.05, 3.63) is 34.9 Å². The number of piperidine rings is 1. The molecular weight excluding hydrogens is 262 g/mol. The monoisotopic (exact) mass is 281 g/mol. The molecule has 2 rings (SSSR count). The van der Waals surface area contributed by atoms with E-state index >= 15 is 0 Å². The Balaban J connectivity index is 2.23. The zero-order valence-corrected chi connectivity index (χ0v) is 12.0. The van der Waals surface area contributed by atoms with E-state index in [9.17, 15) is 4.79 Å². The van der Waals surface area contributed by atoms with E-state index in [1.165, 1.54) is 0 Å². The maximum Gasteiger partial charge on any atom is 0.313 e. The third-order valence-corrected chi connectivity index (χ3v) is 4.04. The minimum Gasteiger partial charge on any atom is -0.466 e. The summed E-state index contributed by atoms with van der Waals surface area (Å²) >= 11 is 6.21. The molecule has 1 aliphatic rings. The maximum atomic E-state index is 12.3. The van der Waals surface area contributed by atoms with Gasteiger partial charge >= 0.3 is 5.97 Å². The van der Waals surface area contributed by atoms with Crippen molar-refractivity contribution in [2.45, 2.75) is 26.2 Å². The lowest BCUT2D eigenvalue weighted by Crippen LogP contribution is -2.47. The first-order valence-corrected chi connectivity index (χ1v) is 7.17. The van der Waals surface area contributed by atoms with Crippen LogP contribution in [0.2, 0.25) is 5.02 Å². The number of ether oxygens (including phenoxy) is 1. The van der Waals surface area contributed by atoms with Crippen molar-refractivity contribution in [3.63, 3.8) is 0 Å². The van der Waals surface area contributed by atoms with E-state index in [0.29, 0.717) is 19.6 Å². The topological polar surface area (TPSA) is 38.3 Å². The van der Waals surface area contributed by atoms with E-state index in [0.717, 1.165) is 30.0 Å². The molecule has 1 N–H and O–H groups in total. The van der Waals surface area contributed by atoms with Crippen molar-refractivity contribution in [2.75, 3.05) is 19.7 Å². The third kappa shape index (κ3) is 3.28. The van der Waals surface area contributed by atoms with Crippen molar-refractivity contribution < 1.29 is 9.53 Å². The van der Waals surface area contributed by atoms with Gasteiger partial charge in [0.25, 0.3) is 0 Å². The van der Waals surface area contributed by atoms with Gasteiger partial charge in [-0.2, -0.15) is 0 Å². The number of esters is 1. The summed E-state index contributed by atoms with van der Waals surface area (Å²) in [6.07, 6.45) is 2.48. The smallest absolute Gasteiger partial charge is 0.313 e. The minimum atomic E-state index is -0.473. The van der Waals surface area contributed by atoms with Gasteiger partial charge in [0, 0.05) is 11.6 Å². The fourth-order valence-electron chi connectivity index (χ4n) is 2.66. The molecular formula is C15H20ClNO2. The molecule has 1 aromatic carbocycles. The standard InChI is InChI=1S/C15H20ClNO2/c1-2-19-14(18)15(8-5-9-17-11-15)10-12-6-3-4-7-13(12)16/h3-4,6-7,17H,2,5,8-11H2,1H3. The molecule has 1 atom stereocenters. The molecule has 19 heavy (non-hydrogen) atoms. The Morgan fingerprint density at radius 1 is 1.47 bits per heavy atom. The van der Waals surface area contributed by atoms with Crippen LogP contribution in [0.3, 0.4) is 0 Å². The lowest BCUT2D eigenvalue weighted by atomic mass is 9.75. The van der Waals surface area contributed by atoms with Crippen LogP contribution in [0.1, 0.15) is 25.3 Å². The highest BCUT2D eigenvalue weighted by molar-refractivity contribution is 6.31. The molecule has 1 saturated heterocycles. The molecule has 1 fully saturated rings. The van der Waals surface area contributed by atoms with Gasteiger partial charge in [0.2, 0.25) is 0 Å². The molecule has 1 aromatic rings. The largest absolute Gasteiger partial charge is 0.466 e. The molecule has 4 heteroatoms. The highest BCUT2D eigenvalue weighted by Gasteiger charge is 2.41. The van der Waals surface area contributed by atoms with Crippen LogP contribution in [0.4, 0.5) is 0 Å². The number of benzene rings is 1. The van der Waals surface area contributed by atoms with Gasteiger partial charge in [-0.05, 0) is 44.4 Å². The SMILES string of the molecule is CCOC(=O)C1(Cc2ccccc2Cl)CCCNC1. The Labute approximate surface area is 119 Å². The van der Waals surface area contributed by atoms with Crippen LogP contribution >= 0.6 is 11.6 Å². The summed E-state index contributed by atoms with van der Waals surface area (Å²) in [6, 6.07) is 7.71. The Morgan fingerprint density at radius 2 is 2.26 bits per heavy atom. The zero-order valence-electron chi connectivity index (χ0n) is 11.2. The summed E-state index contributed by atoms with van der Waals surface area (Å²) in [5.74, 6) is -0.109. The highest BCUT2D eigenvalue weighted by atomic mass is 35.5. The summed E-state index contributed by atoms with van der Waals surface area (Å²) in [6.45, 7) is 3.89. The average molecular weight is 282 g/mol. The van der Waals surface area contributed by atoms with E-state index in [1.54, 1.807) is 0 Å². The van der Waals surface area contributed by atoms with E-state index in [4.69, 9.17) is 16.3 Å². The second-order valence-electron chi connectivity index (χ2n) is 5.05. The van der Waals surface area contributed by atoms with Gasteiger partial charge in [0.05, 0.1) is 12.0 Å². The van der Waals surface area contributed by atoms with E-state index in [2.05, 4.69) is 5.32 Å². The fraction of sp³-hybridized carbons (Fsp3) is 0.533. The van der Waals surface area contributed by atoms with Gasteiger partial charge in [-0.15, -0.1) is 0 Å². The van der Waals surface area contributed by atoms with Crippen molar-refractivity contribution in [1.29, 1.82) is 0 Å². The molecule has 1 heterocycles. The average Bonchev–Trinajstić information content (AvgIpc) is 2.43. The maximum absolute atomic E-state index is 12.3. The van der Waals surface area contributed by atoms with Crippen LogP contribution in [0.5, 0.6) is 0 Å². The fourth-order valence-corrected chi connectivity index (χ4v) is 2.86. The number of nitrogens with one attached hydrogen (secondary N) is 1. The molecule has 0 radical (unpaired) electrons. The lowest BCUT2D eigenvalue weighted by Gasteiger charge is -2.35. The highest BCUT2D eigenvalue weighted by Crippen LogP contribution is 2.34. The van der Waals surface area contributed by atoms with Crippen LogP contribution in [0, 0.1) is 5.41 Å². The number of halogens is 1. The lowest BCUT2D eigenvalue weighted by molar-refractivity contribution is -0.156. The van der Waals surface area contributed by atoms with Crippen molar-refractivity contribution in [1.82, 2.24) is 5.32 Å². The Bertz CT molecular complexity index is 442. The number of hydrogen-bond acceptors (Lipinski definition) is 3. The predicted molar refractivity (Wildman–Crippen MR) is 76.3 cm³/mol. The molecule has 0 aromatic heterocycles. The Kier molecular flexibility index (Phi) is 4.83. The quantitative estimate of drug-likeness (QED) is 0.863. The molecule has 1 aliphatic heterocycles. The van der Waals surface area contributed by atoms with Gasteiger partial charge in [-0.1, -0.05) is 29.8 Å². The van der Waals surface area contributed by atoms with Crippen molar-refractivity contribution in [2.24, 2.45) is 5.41 Å². The molecule has 0 amide bonds. The van der Waals surface area contributed by atoms with Crippen molar-refractivity contribution >= 4 is 17.6 Å². The summed E-state index contributed by atoms with van der Waals surface area (Å²) in [4.78, 5) is 12.3. The van der Waals surface area contributed by atoms with E-state index < -0.39 is 5.41 Å². The summed E-state index contributed by atoms with van der Waals surface area (Å²) < 4.78 is 5.27. The minimum absolute atomic E-state index is 0.109. The summed E-state index contributed by atoms with van der Waals surface area (Å²) in [7, 11) is 0. The summed E-state index contributed by atoms with van der Waals surface area (Å²) in [5.41, 5.74) is 0.542. The van der Waals surface area contributed by atoms with E-state index in [1.807, 2.05) is 31.2 Å². The molecule has 0 bridgehead atoms.